The smallest absolute Gasteiger partial charge is 0.191 e. The van der Waals surface area contributed by atoms with Crippen LogP contribution in [-0.2, 0) is 6.42 Å². The SMILES string of the molecule is C=C(C)CN1CCC(NC(=NC)NCCc2c(OC)cc(OC)cc2OC)CC1. The molecule has 1 aromatic carbocycles. The molecule has 1 aliphatic rings. The van der Waals surface area contributed by atoms with Crippen molar-refractivity contribution in [2.75, 3.05) is 54.6 Å². The molecule has 7 heteroatoms. The highest BCUT2D eigenvalue weighted by Crippen LogP contribution is 2.34. The zero-order chi connectivity index (χ0) is 21.2. The van der Waals surface area contributed by atoms with Gasteiger partial charge in [-0.05, 0) is 26.2 Å². The zero-order valence-electron chi connectivity index (χ0n) is 18.5. The van der Waals surface area contributed by atoms with Gasteiger partial charge in [0.25, 0.3) is 0 Å². The molecule has 0 spiro atoms. The number of rotatable bonds is 9. The second-order valence-electron chi connectivity index (χ2n) is 7.41. The van der Waals surface area contributed by atoms with Crippen LogP contribution in [0.5, 0.6) is 17.2 Å². The van der Waals surface area contributed by atoms with Gasteiger partial charge in [0.2, 0.25) is 0 Å². The molecule has 1 fully saturated rings. The Morgan fingerprint density at radius 3 is 2.24 bits per heavy atom. The van der Waals surface area contributed by atoms with Crippen LogP contribution in [-0.4, -0.2) is 71.5 Å². The van der Waals surface area contributed by atoms with Gasteiger partial charge in [0, 0.05) is 57.0 Å². The maximum atomic E-state index is 5.53. The minimum Gasteiger partial charge on any atom is -0.496 e. The summed E-state index contributed by atoms with van der Waals surface area (Å²) in [5.74, 6) is 3.06. The number of nitrogens with zero attached hydrogens (tertiary/aromatic N) is 2. The molecule has 0 aromatic heterocycles. The summed E-state index contributed by atoms with van der Waals surface area (Å²) in [7, 11) is 6.76. The molecule has 1 aliphatic heterocycles. The van der Waals surface area contributed by atoms with E-state index in [4.69, 9.17) is 14.2 Å². The van der Waals surface area contributed by atoms with Crippen molar-refractivity contribution in [3.05, 3.63) is 29.8 Å². The third-order valence-corrected chi connectivity index (χ3v) is 5.13. The summed E-state index contributed by atoms with van der Waals surface area (Å²) in [6.45, 7) is 9.97. The summed E-state index contributed by atoms with van der Waals surface area (Å²) in [6.07, 6.45) is 2.95. The van der Waals surface area contributed by atoms with Crippen LogP contribution in [0, 0.1) is 0 Å². The minimum absolute atomic E-state index is 0.438. The van der Waals surface area contributed by atoms with Crippen LogP contribution in [0.25, 0.3) is 0 Å². The summed E-state index contributed by atoms with van der Waals surface area (Å²) in [6, 6.07) is 4.19. The number of aliphatic imine (C=N–C) groups is 1. The van der Waals surface area contributed by atoms with Crippen LogP contribution >= 0.6 is 0 Å². The maximum absolute atomic E-state index is 5.53. The molecule has 1 heterocycles. The van der Waals surface area contributed by atoms with Gasteiger partial charge in [0.1, 0.15) is 17.2 Å². The molecular formula is C22H36N4O3. The third kappa shape index (κ3) is 6.85. The number of guanidine groups is 1. The Morgan fingerprint density at radius 1 is 1.14 bits per heavy atom. The van der Waals surface area contributed by atoms with Crippen molar-refractivity contribution >= 4 is 5.96 Å². The molecule has 29 heavy (non-hydrogen) atoms. The highest BCUT2D eigenvalue weighted by Gasteiger charge is 2.20. The van der Waals surface area contributed by atoms with Crippen LogP contribution in [0.2, 0.25) is 0 Å². The van der Waals surface area contributed by atoms with Crippen molar-refractivity contribution in [1.82, 2.24) is 15.5 Å². The van der Waals surface area contributed by atoms with E-state index in [1.807, 2.05) is 12.1 Å². The fraction of sp³-hybridized carbons (Fsp3) is 0.591. The Kier molecular flexibility index (Phi) is 9.12. The van der Waals surface area contributed by atoms with Gasteiger partial charge in [-0.3, -0.25) is 9.89 Å². The first-order valence-corrected chi connectivity index (χ1v) is 10.1. The first-order valence-electron chi connectivity index (χ1n) is 10.1. The lowest BCUT2D eigenvalue weighted by atomic mass is 10.0. The van der Waals surface area contributed by atoms with E-state index in [1.54, 1.807) is 28.4 Å². The fourth-order valence-corrected chi connectivity index (χ4v) is 3.64. The largest absolute Gasteiger partial charge is 0.496 e. The van der Waals surface area contributed by atoms with E-state index < -0.39 is 0 Å². The molecule has 0 atom stereocenters. The van der Waals surface area contributed by atoms with Crippen LogP contribution in [0.3, 0.4) is 0 Å². The summed E-state index contributed by atoms with van der Waals surface area (Å²) in [5, 5.41) is 6.96. The summed E-state index contributed by atoms with van der Waals surface area (Å²) < 4.78 is 16.4. The molecule has 0 bridgehead atoms. The highest BCUT2D eigenvalue weighted by molar-refractivity contribution is 5.80. The fourth-order valence-electron chi connectivity index (χ4n) is 3.64. The number of hydrogen-bond donors (Lipinski definition) is 2. The van der Waals surface area contributed by atoms with Crippen molar-refractivity contribution in [2.24, 2.45) is 4.99 Å². The Morgan fingerprint density at radius 2 is 1.76 bits per heavy atom. The summed E-state index contributed by atoms with van der Waals surface area (Å²) >= 11 is 0. The number of piperidine rings is 1. The number of methoxy groups -OCH3 is 3. The van der Waals surface area contributed by atoms with Crippen molar-refractivity contribution < 1.29 is 14.2 Å². The molecule has 7 nitrogen and oxygen atoms in total. The summed E-state index contributed by atoms with van der Waals surface area (Å²) in [5.41, 5.74) is 2.23. The lowest BCUT2D eigenvalue weighted by Crippen LogP contribution is -2.49. The molecule has 0 aliphatic carbocycles. The highest BCUT2D eigenvalue weighted by atomic mass is 16.5. The normalized spacial score (nSPS) is 15.7. The zero-order valence-corrected chi connectivity index (χ0v) is 18.5. The molecule has 0 saturated carbocycles. The Bertz CT molecular complexity index is 672. The predicted molar refractivity (Wildman–Crippen MR) is 119 cm³/mol. The monoisotopic (exact) mass is 404 g/mol. The van der Waals surface area contributed by atoms with Crippen LogP contribution in [0.1, 0.15) is 25.3 Å². The molecule has 2 N–H and O–H groups in total. The van der Waals surface area contributed by atoms with Crippen LogP contribution in [0.15, 0.2) is 29.3 Å². The van der Waals surface area contributed by atoms with Crippen LogP contribution < -0.4 is 24.8 Å². The van der Waals surface area contributed by atoms with E-state index >= 15 is 0 Å². The van der Waals surface area contributed by atoms with E-state index in [9.17, 15) is 0 Å². The number of hydrogen-bond acceptors (Lipinski definition) is 5. The van der Waals surface area contributed by atoms with E-state index in [2.05, 4.69) is 34.0 Å². The number of ether oxygens (including phenoxy) is 3. The number of nitrogens with one attached hydrogen (secondary N) is 2. The minimum atomic E-state index is 0.438. The number of likely N-dealkylation sites (tertiary alicyclic amines) is 1. The average Bonchev–Trinajstić information content (AvgIpc) is 2.73. The first kappa shape index (κ1) is 22.9. The van der Waals surface area contributed by atoms with Gasteiger partial charge in [0.15, 0.2) is 5.96 Å². The quantitative estimate of drug-likeness (QED) is 0.374. The second kappa shape index (κ2) is 11.6. The Hall–Kier alpha value is -2.41. The predicted octanol–water partition coefficient (Wildman–Crippen LogP) is 2.46. The summed E-state index contributed by atoms with van der Waals surface area (Å²) in [4.78, 5) is 6.83. The van der Waals surface area contributed by atoms with Gasteiger partial charge in [-0.1, -0.05) is 12.2 Å². The molecule has 1 aromatic rings. The third-order valence-electron chi connectivity index (χ3n) is 5.13. The molecular weight excluding hydrogens is 368 g/mol. The van der Waals surface area contributed by atoms with E-state index in [0.29, 0.717) is 18.3 Å². The molecule has 0 amide bonds. The molecule has 1 saturated heterocycles. The molecule has 0 radical (unpaired) electrons. The lowest BCUT2D eigenvalue weighted by molar-refractivity contribution is 0.221. The Labute approximate surface area is 175 Å². The van der Waals surface area contributed by atoms with Crippen molar-refractivity contribution in [1.29, 1.82) is 0 Å². The first-order chi connectivity index (χ1) is 14.0. The standard InChI is InChI=1S/C22H36N4O3/c1-16(2)15-26-11-8-17(9-12-26)25-22(23-3)24-10-7-19-20(28-5)13-18(27-4)14-21(19)29-6/h13-14,17H,1,7-12,15H2,2-6H3,(H2,23,24,25). The van der Waals surface area contributed by atoms with E-state index in [-0.39, 0.29) is 0 Å². The molecule has 0 unspecified atom stereocenters. The van der Waals surface area contributed by atoms with Crippen LogP contribution in [0.4, 0.5) is 0 Å². The molecule has 162 valence electrons. The van der Waals surface area contributed by atoms with Crippen molar-refractivity contribution in [2.45, 2.75) is 32.2 Å². The van der Waals surface area contributed by atoms with E-state index in [1.165, 1.54) is 5.57 Å². The average molecular weight is 405 g/mol. The second-order valence-corrected chi connectivity index (χ2v) is 7.41. The van der Waals surface area contributed by atoms with Gasteiger partial charge >= 0.3 is 0 Å². The van der Waals surface area contributed by atoms with E-state index in [0.717, 1.165) is 61.9 Å². The van der Waals surface area contributed by atoms with Gasteiger partial charge in [0.05, 0.1) is 21.3 Å². The van der Waals surface area contributed by atoms with Gasteiger partial charge < -0.3 is 24.8 Å². The van der Waals surface area contributed by atoms with Gasteiger partial charge in [-0.25, -0.2) is 0 Å². The number of benzene rings is 1. The van der Waals surface area contributed by atoms with Gasteiger partial charge in [-0.2, -0.15) is 0 Å². The van der Waals surface area contributed by atoms with Crippen molar-refractivity contribution in [3.63, 3.8) is 0 Å². The topological polar surface area (TPSA) is 67.4 Å². The van der Waals surface area contributed by atoms with Crippen molar-refractivity contribution in [3.8, 4) is 17.2 Å². The maximum Gasteiger partial charge on any atom is 0.191 e. The molecule has 2 rings (SSSR count). The Balaban J connectivity index is 1.87. The van der Waals surface area contributed by atoms with Gasteiger partial charge in [-0.15, -0.1) is 0 Å². The lowest BCUT2D eigenvalue weighted by Gasteiger charge is -2.33.